The number of hydrogen-bond acceptors (Lipinski definition) is 3. The lowest BCUT2D eigenvalue weighted by Gasteiger charge is -2.45. The van der Waals surface area contributed by atoms with E-state index in [0.29, 0.717) is 17.1 Å². The van der Waals surface area contributed by atoms with Crippen molar-refractivity contribution < 1.29 is 4.79 Å². The molecule has 0 bridgehead atoms. The van der Waals surface area contributed by atoms with E-state index in [1.165, 1.54) is 45.4 Å². The molecule has 2 saturated heterocycles. The lowest BCUT2D eigenvalue weighted by Crippen LogP contribution is -2.56. The Bertz CT molecular complexity index is 366. The maximum absolute atomic E-state index is 12.2. The molecule has 3 nitrogen and oxygen atoms in total. The Hall–Kier alpha value is -0.410. The summed E-state index contributed by atoms with van der Waals surface area (Å²) in [6.07, 6.45) is 7.12. The number of fused-ring (bicyclic) bond motifs is 1. The molecule has 2 unspecified atom stereocenters. The topological polar surface area (TPSA) is 23.6 Å². The first-order valence-electron chi connectivity index (χ1n) is 8.53. The highest BCUT2D eigenvalue weighted by molar-refractivity contribution is 5.82. The van der Waals surface area contributed by atoms with Crippen molar-refractivity contribution in [1.82, 2.24) is 9.80 Å². The minimum absolute atomic E-state index is 0.300. The highest BCUT2D eigenvalue weighted by Gasteiger charge is 2.36. The monoisotopic (exact) mass is 278 g/mol. The van der Waals surface area contributed by atoms with Crippen LogP contribution in [0, 0.1) is 11.3 Å². The Labute approximate surface area is 123 Å². The first-order valence-corrected chi connectivity index (χ1v) is 8.53. The highest BCUT2D eigenvalue weighted by Crippen LogP contribution is 2.37. The van der Waals surface area contributed by atoms with E-state index in [1.807, 2.05) is 0 Å². The Morgan fingerprint density at radius 2 is 2.05 bits per heavy atom. The minimum Gasteiger partial charge on any atom is -0.300 e. The average molecular weight is 278 g/mol. The summed E-state index contributed by atoms with van der Waals surface area (Å²) >= 11 is 0. The van der Waals surface area contributed by atoms with Crippen molar-refractivity contribution in [3.05, 3.63) is 0 Å². The fourth-order valence-corrected chi connectivity index (χ4v) is 4.41. The molecule has 0 aromatic carbocycles. The zero-order chi connectivity index (χ0) is 14.2. The van der Waals surface area contributed by atoms with Gasteiger partial charge in [0.1, 0.15) is 5.78 Å². The van der Waals surface area contributed by atoms with Crippen LogP contribution in [-0.2, 0) is 4.79 Å². The molecule has 1 saturated carbocycles. The summed E-state index contributed by atoms with van der Waals surface area (Å²) in [6.45, 7) is 10.6. The number of ketones is 1. The molecule has 20 heavy (non-hydrogen) atoms. The third-order valence-electron chi connectivity index (χ3n) is 5.70. The van der Waals surface area contributed by atoms with Gasteiger partial charge in [0.05, 0.1) is 0 Å². The Morgan fingerprint density at radius 1 is 1.20 bits per heavy atom. The summed E-state index contributed by atoms with van der Waals surface area (Å²) in [5, 5.41) is 0. The zero-order valence-corrected chi connectivity index (χ0v) is 13.2. The summed E-state index contributed by atoms with van der Waals surface area (Å²) in [4.78, 5) is 17.5. The Kier molecular flexibility index (Phi) is 4.19. The largest absolute Gasteiger partial charge is 0.300 e. The molecular weight excluding hydrogens is 248 g/mol. The molecular formula is C17H30N2O. The summed E-state index contributed by atoms with van der Waals surface area (Å²) in [5.74, 6) is 0.823. The lowest BCUT2D eigenvalue weighted by molar-refractivity contribution is -0.128. The van der Waals surface area contributed by atoms with E-state index < -0.39 is 0 Å². The molecule has 3 rings (SSSR count). The van der Waals surface area contributed by atoms with Gasteiger partial charge in [-0.15, -0.1) is 0 Å². The van der Waals surface area contributed by atoms with Gasteiger partial charge in [0.25, 0.3) is 0 Å². The predicted octanol–water partition coefficient (Wildman–Crippen LogP) is 2.55. The van der Waals surface area contributed by atoms with Crippen molar-refractivity contribution in [2.24, 2.45) is 11.3 Å². The molecule has 0 amide bonds. The molecule has 0 N–H and O–H groups in total. The van der Waals surface area contributed by atoms with Crippen molar-refractivity contribution in [1.29, 1.82) is 0 Å². The zero-order valence-electron chi connectivity index (χ0n) is 13.2. The van der Waals surface area contributed by atoms with Crippen LogP contribution in [0.1, 0.15) is 52.4 Å². The van der Waals surface area contributed by atoms with E-state index in [4.69, 9.17) is 0 Å². The predicted molar refractivity (Wildman–Crippen MR) is 81.8 cm³/mol. The molecule has 3 heteroatoms. The van der Waals surface area contributed by atoms with Crippen LogP contribution in [0.25, 0.3) is 0 Å². The smallest absolute Gasteiger partial charge is 0.137 e. The van der Waals surface area contributed by atoms with Gasteiger partial charge in [0.15, 0.2) is 0 Å². The first kappa shape index (κ1) is 14.5. The summed E-state index contributed by atoms with van der Waals surface area (Å²) < 4.78 is 0. The SMILES string of the molecule is CC1(C)CCC(=O)C(CN2CCN3CCCCC3C2)C1. The molecule has 2 atom stereocenters. The van der Waals surface area contributed by atoms with E-state index in [2.05, 4.69) is 23.6 Å². The van der Waals surface area contributed by atoms with Gasteiger partial charge in [-0.3, -0.25) is 14.6 Å². The molecule has 3 aliphatic rings. The van der Waals surface area contributed by atoms with Crippen molar-refractivity contribution in [2.45, 2.75) is 58.4 Å². The minimum atomic E-state index is 0.300. The van der Waals surface area contributed by atoms with Crippen LogP contribution < -0.4 is 0 Å². The van der Waals surface area contributed by atoms with Crippen LogP contribution in [-0.4, -0.2) is 54.3 Å². The normalized spacial score (nSPS) is 35.8. The number of piperazine rings is 1. The molecule has 0 aromatic heterocycles. The molecule has 114 valence electrons. The van der Waals surface area contributed by atoms with E-state index in [1.54, 1.807) is 0 Å². The second kappa shape index (κ2) is 5.76. The molecule has 0 spiro atoms. The first-order chi connectivity index (χ1) is 9.53. The fourth-order valence-electron chi connectivity index (χ4n) is 4.41. The van der Waals surface area contributed by atoms with Gasteiger partial charge in [0.2, 0.25) is 0 Å². The molecule has 2 heterocycles. The van der Waals surface area contributed by atoms with Crippen LogP contribution in [0.2, 0.25) is 0 Å². The van der Waals surface area contributed by atoms with E-state index in [0.717, 1.165) is 31.8 Å². The second-order valence-electron chi connectivity index (χ2n) is 7.98. The van der Waals surface area contributed by atoms with Gasteiger partial charge in [0, 0.05) is 44.6 Å². The van der Waals surface area contributed by atoms with Crippen molar-refractivity contribution in [3.8, 4) is 0 Å². The maximum atomic E-state index is 12.2. The van der Waals surface area contributed by atoms with Gasteiger partial charge < -0.3 is 0 Å². The maximum Gasteiger partial charge on any atom is 0.137 e. The van der Waals surface area contributed by atoms with Crippen molar-refractivity contribution >= 4 is 5.78 Å². The van der Waals surface area contributed by atoms with E-state index in [9.17, 15) is 4.79 Å². The summed E-state index contributed by atoms with van der Waals surface area (Å²) in [6, 6.07) is 0.768. The third-order valence-corrected chi connectivity index (χ3v) is 5.70. The Balaban J connectivity index is 1.56. The van der Waals surface area contributed by atoms with Gasteiger partial charge in [-0.2, -0.15) is 0 Å². The Morgan fingerprint density at radius 3 is 2.90 bits per heavy atom. The summed E-state index contributed by atoms with van der Waals surface area (Å²) in [5.41, 5.74) is 0.366. The van der Waals surface area contributed by atoms with E-state index >= 15 is 0 Å². The van der Waals surface area contributed by atoms with Crippen molar-refractivity contribution in [2.75, 3.05) is 32.7 Å². The number of Topliss-reactive ketones (excluding diaryl/α,β-unsaturated/α-hetero) is 1. The number of carbonyl (C=O) groups is 1. The molecule has 2 aliphatic heterocycles. The lowest BCUT2D eigenvalue weighted by atomic mass is 9.71. The fraction of sp³-hybridized carbons (Fsp3) is 0.941. The van der Waals surface area contributed by atoms with Crippen LogP contribution in [0.15, 0.2) is 0 Å². The highest BCUT2D eigenvalue weighted by atomic mass is 16.1. The van der Waals surface area contributed by atoms with Gasteiger partial charge in [-0.25, -0.2) is 0 Å². The average Bonchev–Trinajstić information content (AvgIpc) is 2.43. The van der Waals surface area contributed by atoms with Crippen LogP contribution in [0.5, 0.6) is 0 Å². The quantitative estimate of drug-likeness (QED) is 0.775. The summed E-state index contributed by atoms with van der Waals surface area (Å²) in [7, 11) is 0. The molecule has 0 radical (unpaired) electrons. The van der Waals surface area contributed by atoms with Crippen molar-refractivity contribution in [3.63, 3.8) is 0 Å². The number of piperidine rings is 1. The van der Waals surface area contributed by atoms with Crippen LogP contribution >= 0.6 is 0 Å². The van der Waals surface area contributed by atoms with Gasteiger partial charge in [-0.1, -0.05) is 20.3 Å². The van der Waals surface area contributed by atoms with E-state index in [-0.39, 0.29) is 0 Å². The number of hydrogen-bond donors (Lipinski definition) is 0. The standard InChI is InChI=1S/C17H30N2O/c1-17(2)7-6-16(20)14(11-17)12-18-9-10-19-8-4-3-5-15(19)13-18/h14-15H,3-13H2,1-2H3. The number of nitrogens with zero attached hydrogens (tertiary/aromatic N) is 2. The number of rotatable bonds is 2. The van der Waals surface area contributed by atoms with Crippen LogP contribution in [0.3, 0.4) is 0 Å². The van der Waals surface area contributed by atoms with Crippen LogP contribution in [0.4, 0.5) is 0 Å². The molecule has 0 aromatic rings. The van der Waals surface area contributed by atoms with Gasteiger partial charge in [-0.05, 0) is 37.6 Å². The molecule has 3 fully saturated rings. The molecule has 1 aliphatic carbocycles. The van der Waals surface area contributed by atoms with Gasteiger partial charge >= 0.3 is 0 Å². The second-order valence-corrected chi connectivity index (χ2v) is 7.98. The third kappa shape index (κ3) is 3.25. The number of carbonyl (C=O) groups excluding carboxylic acids is 1.